The fraction of sp³-hybridized carbons (Fsp3) is 0.875. The van der Waals surface area contributed by atoms with E-state index in [1.165, 1.54) is 0 Å². The number of alkyl halides is 2. The van der Waals surface area contributed by atoms with Crippen LogP contribution in [0.25, 0.3) is 0 Å². The highest BCUT2D eigenvalue weighted by Gasteiger charge is 2.23. The minimum atomic E-state index is -0.503. The van der Waals surface area contributed by atoms with Gasteiger partial charge >= 0.3 is 0 Å². The predicted octanol–water partition coefficient (Wildman–Crippen LogP) is 3.62. The zero-order chi connectivity index (χ0) is 8.20. The molecule has 0 heterocycles. The van der Waals surface area contributed by atoms with E-state index in [0.717, 1.165) is 19.3 Å². The Hall–Kier alpha value is 0.580. The Kier molecular flexibility index (Phi) is 4.71. The predicted molar refractivity (Wildman–Crippen MR) is 48.8 cm³/mol. The van der Waals surface area contributed by atoms with Crippen LogP contribution < -0.4 is 0 Å². The molecule has 0 aromatic carbocycles. The quantitative estimate of drug-likeness (QED) is 0.582. The lowest BCUT2D eigenvalue weighted by molar-refractivity contribution is 0.607. The largest absolute Gasteiger partial charge is 0.121 e. The molecule has 0 amide bonds. The van der Waals surface area contributed by atoms with E-state index in [1.807, 2.05) is 6.92 Å². The van der Waals surface area contributed by atoms with Crippen LogP contribution in [0.15, 0.2) is 0 Å². The maximum absolute atomic E-state index is 5.94. The molecule has 0 saturated carbocycles. The molecular formula is C8H15Cl2. The molecule has 0 aliphatic rings. The third kappa shape index (κ3) is 4.40. The lowest BCUT2D eigenvalue weighted by atomic mass is 10.0. The molecular weight excluding hydrogens is 167 g/mol. The summed E-state index contributed by atoms with van der Waals surface area (Å²) in [5.74, 6) is 0. The van der Waals surface area contributed by atoms with Crippen LogP contribution in [0.4, 0.5) is 0 Å². The monoisotopic (exact) mass is 181 g/mol. The van der Waals surface area contributed by atoms with Crippen LogP contribution >= 0.6 is 23.2 Å². The van der Waals surface area contributed by atoms with Crippen molar-refractivity contribution in [1.29, 1.82) is 0 Å². The van der Waals surface area contributed by atoms with Gasteiger partial charge in [0.2, 0.25) is 0 Å². The Morgan fingerprint density at radius 1 is 1.60 bits per heavy atom. The zero-order valence-corrected chi connectivity index (χ0v) is 8.17. The van der Waals surface area contributed by atoms with Crippen LogP contribution in [0.2, 0.25) is 0 Å². The van der Waals surface area contributed by atoms with Gasteiger partial charge in [-0.2, -0.15) is 0 Å². The number of hydrogen-bond donors (Lipinski definition) is 0. The Balaban J connectivity index is 3.52. The smallest absolute Gasteiger partial charge is 0.0582 e. The molecule has 0 N–H and O–H groups in total. The second-order valence-electron chi connectivity index (χ2n) is 2.89. The molecule has 0 nitrogen and oxygen atoms in total. The van der Waals surface area contributed by atoms with Crippen molar-refractivity contribution in [3.05, 3.63) is 6.92 Å². The third-order valence-corrected chi connectivity index (χ3v) is 2.54. The van der Waals surface area contributed by atoms with Crippen LogP contribution in [0.1, 0.15) is 33.1 Å². The van der Waals surface area contributed by atoms with Crippen molar-refractivity contribution >= 4 is 23.2 Å². The van der Waals surface area contributed by atoms with Crippen LogP contribution in [-0.2, 0) is 0 Å². The first-order chi connectivity index (χ1) is 4.48. The average molecular weight is 182 g/mol. The van der Waals surface area contributed by atoms with E-state index in [0.29, 0.717) is 0 Å². The maximum Gasteiger partial charge on any atom is 0.0582 e. The van der Waals surface area contributed by atoms with E-state index in [4.69, 9.17) is 23.2 Å². The molecule has 0 bridgehead atoms. The number of halogens is 2. The Morgan fingerprint density at radius 3 is 2.40 bits per heavy atom. The van der Waals surface area contributed by atoms with Gasteiger partial charge in [-0.05, 0) is 20.3 Å². The molecule has 0 spiro atoms. The van der Waals surface area contributed by atoms with Crippen LogP contribution in [-0.4, -0.2) is 10.3 Å². The Morgan fingerprint density at radius 2 is 2.10 bits per heavy atom. The minimum absolute atomic E-state index is 0.00545. The maximum atomic E-state index is 5.94. The molecule has 61 valence electrons. The van der Waals surface area contributed by atoms with Crippen LogP contribution in [0.3, 0.4) is 0 Å². The molecule has 10 heavy (non-hydrogen) atoms. The van der Waals surface area contributed by atoms with Crippen LogP contribution in [0, 0.1) is 6.92 Å². The fourth-order valence-electron chi connectivity index (χ4n) is 0.684. The molecule has 0 rings (SSSR count). The summed E-state index contributed by atoms with van der Waals surface area (Å²) in [4.78, 5) is -0.503. The zero-order valence-electron chi connectivity index (χ0n) is 6.66. The Labute approximate surface area is 73.9 Å². The molecule has 1 radical (unpaired) electrons. The molecule has 0 aliphatic carbocycles. The molecule has 0 saturated heterocycles. The first-order valence-corrected chi connectivity index (χ1v) is 4.48. The first kappa shape index (κ1) is 10.6. The van der Waals surface area contributed by atoms with Crippen LogP contribution in [0.5, 0.6) is 0 Å². The summed E-state index contributed by atoms with van der Waals surface area (Å²) >= 11 is 11.8. The molecule has 0 aromatic rings. The van der Waals surface area contributed by atoms with Crippen molar-refractivity contribution in [2.24, 2.45) is 0 Å². The van der Waals surface area contributed by atoms with Crippen molar-refractivity contribution in [2.45, 2.75) is 43.4 Å². The SMILES string of the molecule is [CH2]C(C)(Cl)C(Cl)CCCC. The molecule has 2 unspecified atom stereocenters. The highest BCUT2D eigenvalue weighted by molar-refractivity contribution is 6.32. The minimum Gasteiger partial charge on any atom is -0.121 e. The van der Waals surface area contributed by atoms with Crippen molar-refractivity contribution in [3.63, 3.8) is 0 Å². The molecule has 0 fully saturated rings. The van der Waals surface area contributed by atoms with Gasteiger partial charge in [-0.1, -0.05) is 19.8 Å². The van der Waals surface area contributed by atoms with Crippen molar-refractivity contribution in [2.75, 3.05) is 0 Å². The van der Waals surface area contributed by atoms with Gasteiger partial charge in [0.05, 0.1) is 10.3 Å². The molecule has 2 atom stereocenters. The summed E-state index contributed by atoms with van der Waals surface area (Å²) in [5.41, 5.74) is 0. The highest BCUT2D eigenvalue weighted by Crippen LogP contribution is 2.26. The van der Waals surface area contributed by atoms with Crippen molar-refractivity contribution < 1.29 is 0 Å². The van der Waals surface area contributed by atoms with E-state index < -0.39 is 4.87 Å². The van der Waals surface area contributed by atoms with Crippen molar-refractivity contribution in [3.8, 4) is 0 Å². The third-order valence-electron chi connectivity index (χ3n) is 1.46. The summed E-state index contributed by atoms with van der Waals surface area (Å²) in [5, 5.41) is -0.00545. The fourth-order valence-corrected chi connectivity index (χ4v) is 0.948. The number of rotatable bonds is 4. The topological polar surface area (TPSA) is 0 Å². The number of unbranched alkanes of at least 4 members (excludes halogenated alkanes) is 1. The summed E-state index contributed by atoms with van der Waals surface area (Å²) in [6.07, 6.45) is 3.25. The van der Waals surface area contributed by atoms with Gasteiger partial charge in [-0.3, -0.25) is 0 Å². The van der Waals surface area contributed by atoms with E-state index >= 15 is 0 Å². The van der Waals surface area contributed by atoms with Crippen molar-refractivity contribution in [1.82, 2.24) is 0 Å². The molecule has 0 aromatic heterocycles. The molecule has 2 heteroatoms. The van der Waals surface area contributed by atoms with E-state index in [2.05, 4.69) is 13.8 Å². The van der Waals surface area contributed by atoms with E-state index in [-0.39, 0.29) is 5.38 Å². The number of hydrogen-bond acceptors (Lipinski definition) is 0. The van der Waals surface area contributed by atoms with E-state index in [9.17, 15) is 0 Å². The second kappa shape index (κ2) is 4.46. The van der Waals surface area contributed by atoms with Gasteiger partial charge < -0.3 is 0 Å². The van der Waals surface area contributed by atoms with Gasteiger partial charge in [0, 0.05) is 0 Å². The lowest BCUT2D eigenvalue weighted by Crippen LogP contribution is -2.25. The average Bonchev–Trinajstić information content (AvgIpc) is 1.80. The standard InChI is InChI=1S/C8H15Cl2/c1-4-5-6-7(9)8(2,3)10/h7H,2,4-6H2,1,3H3. The summed E-state index contributed by atoms with van der Waals surface area (Å²) in [7, 11) is 0. The summed E-state index contributed by atoms with van der Waals surface area (Å²) in [6.45, 7) is 7.74. The van der Waals surface area contributed by atoms with Gasteiger partial charge in [-0.25, -0.2) is 0 Å². The Bertz CT molecular complexity index is 83.7. The van der Waals surface area contributed by atoms with Gasteiger partial charge in [0.15, 0.2) is 0 Å². The van der Waals surface area contributed by atoms with Gasteiger partial charge in [0.25, 0.3) is 0 Å². The summed E-state index contributed by atoms with van der Waals surface area (Å²) < 4.78 is 0. The first-order valence-electron chi connectivity index (χ1n) is 3.66. The summed E-state index contributed by atoms with van der Waals surface area (Å²) in [6, 6.07) is 0. The lowest BCUT2D eigenvalue weighted by Gasteiger charge is -2.21. The highest BCUT2D eigenvalue weighted by atomic mass is 35.5. The van der Waals surface area contributed by atoms with Gasteiger partial charge in [0.1, 0.15) is 0 Å². The normalized spacial score (nSPS) is 15.3. The van der Waals surface area contributed by atoms with Gasteiger partial charge in [-0.15, -0.1) is 23.2 Å². The van der Waals surface area contributed by atoms with E-state index in [1.54, 1.807) is 0 Å². The molecule has 0 aliphatic heterocycles. The second-order valence-corrected chi connectivity index (χ2v) is 4.28.